The van der Waals surface area contributed by atoms with Crippen LogP contribution < -0.4 is 19.7 Å². The summed E-state index contributed by atoms with van der Waals surface area (Å²) in [5, 5.41) is 2.77. The van der Waals surface area contributed by atoms with E-state index in [1.54, 1.807) is 44.2 Å². The third-order valence-corrected chi connectivity index (χ3v) is 8.17. The number of hydrogen-bond acceptors (Lipinski definition) is 7. The van der Waals surface area contributed by atoms with Gasteiger partial charge in [-0.15, -0.1) is 0 Å². The lowest BCUT2D eigenvalue weighted by molar-refractivity contribution is -0.124. The van der Waals surface area contributed by atoms with Gasteiger partial charge in [0.05, 0.1) is 23.5 Å². The molecule has 0 bridgehead atoms. The third-order valence-electron chi connectivity index (χ3n) is 6.28. The van der Waals surface area contributed by atoms with Crippen molar-refractivity contribution in [2.24, 2.45) is 0 Å². The van der Waals surface area contributed by atoms with Crippen molar-refractivity contribution in [3.05, 3.63) is 42.0 Å². The van der Waals surface area contributed by atoms with Crippen LogP contribution in [0.15, 0.2) is 41.3 Å². The molecule has 5 rings (SSSR count). The summed E-state index contributed by atoms with van der Waals surface area (Å²) in [4.78, 5) is 27.5. The highest BCUT2D eigenvalue weighted by molar-refractivity contribution is 7.89. The van der Waals surface area contributed by atoms with Gasteiger partial charge in [0.15, 0.2) is 11.5 Å². The monoisotopic (exact) mass is 487 g/mol. The van der Waals surface area contributed by atoms with Crippen LogP contribution in [0.1, 0.15) is 19.4 Å². The average molecular weight is 488 g/mol. The fraction of sp³-hybridized carbons (Fsp3) is 0.391. The first kappa shape index (κ1) is 22.6. The zero-order chi connectivity index (χ0) is 24.1. The Balaban J connectivity index is 1.38. The molecule has 2 amide bonds. The SMILES string of the molecule is CC1(C)C(=O)N(CC(=O)Nc2ccc3c(c2)OCO3)c2ccc(S(=O)(=O)N3CCOCC3)cc21. The highest BCUT2D eigenvalue weighted by atomic mass is 32.2. The standard InChI is InChI=1S/C23H25N3O7S/c1-23(2)17-12-16(34(29,30)25-7-9-31-10-8-25)4-5-18(17)26(22(23)28)13-21(27)24-15-3-6-19-20(11-15)33-14-32-19/h3-6,11-12H,7-10,13-14H2,1-2H3,(H,24,27). The molecule has 3 heterocycles. The first-order valence-corrected chi connectivity index (χ1v) is 12.4. The number of carbonyl (C=O) groups is 2. The first-order chi connectivity index (χ1) is 16.2. The Morgan fingerprint density at radius 3 is 2.56 bits per heavy atom. The molecular weight excluding hydrogens is 462 g/mol. The maximum atomic E-state index is 13.2. The van der Waals surface area contributed by atoms with Gasteiger partial charge in [-0.2, -0.15) is 4.31 Å². The molecule has 0 spiro atoms. The molecule has 3 aliphatic rings. The van der Waals surface area contributed by atoms with Crippen LogP contribution in [0.2, 0.25) is 0 Å². The lowest BCUT2D eigenvalue weighted by atomic mass is 9.86. The van der Waals surface area contributed by atoms with Gasteiger partial charge in [0.2, 0.25) is 28.6 Å². The molecular formula is C23H25N3O7S. The van der Waals surface area contributed by atoms with E-state index in [1.165, 1.54) is 15.3 Å². The number of benzene rings is 2. The minimum Gasteiger partial charge on any atom is -0.454 e. The van der Waals surface area contributed by atoms with Crippen LogP contribution in [0, 0.1) is 0 Å². The van der Waals surface area contributed by atoms with Crippen LogP contribution in [0.5, 0.6) is 11.5 Å². The highest BCUT2D eigenvalue weighted by Crippen LogP contribution is 2.43. The second-order valence-electron chi connectivity index (χ2n) is 8.83. The fourth-order valence-corrected chi connectivity index (χ4v) is 5.82. The molecule has 3 aliphatic heterocycles. The number of sulfonamides is 1. The topological polar surface area (TPSA) is 114 Å². The molecule has 0 aromatic heterocycles. The molecule has 34 heavy (non-hydrogen) atoms. The summed E-state index contributed by atoms with van der Waals surface area (Å²) in [5.74, 6) is 0.479. The molecule has 11 heteroatoms. The second kappa shape index (κ2) is 8.26. The third kappa shape index (κ3) is 3.79. The van der Waals surface area contributed by atoms with Crippen LogP contribution in [0.4, 0.5) is 11.4 Å². The number of rotatable bonds is 5. The summed E-state index contributed by atoms with van der Waals surface area (Å²) >= 11 is 0. The van der Waals surface area contributed by atoms with Gasteiger partial charge in [-0.05, 0) is 49.7 Å². The van der Waals surface area contributed by atoms with E-state index in [9.17, 15) is 18.0 Å². The van der Waals surface area contributed by atoms with Gasteiger partial charge in [0.25, 0.3) is 0 Å². The molecule has 0 radical (unpaired) electrons. The molecule has 10 nitrogen and oxygen atoms in total. The van der Waals surface area contributed by atoms with E-state index in [0.717, 1.165) is 0 Å². The lowest BCUT2D eigenvalue weighted by Crippen LogP contribution is -2.41. The molecule has 0 atom stereocenters. The number of nitrogens with one attached hydrogen (secondary N) is 1. The predicted molar refractivity (Wildman–Crippen MR) is 123 cm³/mol. The van der Waals surface area contributed by atoms with Crippen molar-refractivity contribution >= 4 is 33.2 Å². The number of fused-ring (bicyclic) bond motifs is 2. The zero-order valence-electron chi connectivity index (χ0n) is 18.9. The zero-order valence-corrected chi connectivity index (χ0v) is 19.7. The van der Waals surface area contributed by atoms with Crippen LogP contribution in [-0.4, -0.2) is 64.2 Å². The summed E-state index contributed by atoms with van der Waals surface area (Å²) in [7, 11) is -3.72. The van der Waals surface area contributed by atoms with Gasteiger partial charge < -0.3 is 24.4 Å². The van der Waals surface area contributed by atoms with Gasteiger partial charge in [0.1, 0.15) is 6.54 Å². The lowest BCUT2D eigenvalue weighted by Gasteiger charge is -2.26. The summed E-state index contributed by atoms with van der Waals surface area (Å²) in [6.07, 6.45) is 0. The Bertz CT molecular complexity index is 1270. The Hall–Kier alpha value is -3.15. The van der Waals surface area contributed by atoms with Crippen LogP contribution >= 0.6 is 0 Å². The van der Waals surface area contributed by atoms with Crippen molar-refractivity contribution in [2.75, 3.05) is 49.9 Å². The van der Waals surface area contributed by atoms with Crippen molar-refractivity contribution in [3.8, 4) is 11.5 Å². The van der Waals surface area contributed by atoms with E-state index in [0.29, 0.717) is 41.7 Å². The van der Waals surface area contributed by atoms with E-state index in [4.69, 9.17) is 14.2 Å². The van der Waals surface area contributed by atoms with Crippen LogP contribution in [0.25, 0.3) is 0 Å². The number of carbonyl (C=O) groups excluding carboxylic acids is 2. The molecule has 2 aromatic carbocycles. The van der Waals surface area contributed by atoms with Gasteiger partial charge >= 0.3 is 0 Å². The number of amides is 2. The minimum absolute atomic E-state index is 0.126. The fourth-order valence-electron chi connectivity index (χ4n) is 4.39. The Morgan fingerprint density at radius 1 is 1.06 bits per heavy atom. The van der Waals surface area contributed by atoms with Crippen molar-refractivity contribution in [2.45, 2.75) is 24.2 Å². The number of ether oxygens (including phenoxy) is 3. The molecule has 1 N–H and O–H groups in total. The largest absolute Gasteiger partial charge is 0.454 e. The summed E-state index contributed by atoms with van der Waals surface area (Å²) in [5.41, 5.74) is 0.636. The minimum atomic E-state index is -3.72. The van der Waals surface area contributed by atoms with Gasteiger partial charge in [-0.3, -0.25) is 9.59 Å². The van der Waals surface area contributed by atoms with E-state index in [-0.39, 0.29) is 43.1 Å². The van der Waals surface area contributed by atoms with E-state index >= 15 is 0 Å². The van der Waals surface area contributed by atoms with Gasteiger partial charge in [-0.1, -0.05) is 0 Å². The van der Waals surface area contributed by atoms with Crippen molar-refractivity contribution < 1.29 is 32.2 Å². The molecule has 0 aliphatic carbocycles. The Labute approximate surface area is 197 Å². The molecule has 0 saturated carbocycles. The molecule has 1 saturated heterocycles. The Morgan fingerprint density at radius 2 is 1.79 bits per heavy atom. The maximum Gasteiger partial charge on any atom is 0.244 e. The molecule has 0 unspecified atom stereocenters. The van der Waals surface area contributed by atoms with E-state index < -0.39 is 15.4 Å². The normalized spacial score (nSPS) is 19.2. The smallest absolute Gasteiger partial charge is 0.244 e. The highest BCUT2D eigenvalue weighted by Gasteiger charge is 2.45. The predicted octanol–water partition coefficient (Wildman–Crippen LogP) is 1.70. The first-order valence-electron chi connectivity index (χ1n) is 10.9. The van der Waals surface area contributed by atoms with Crippen LogP contribution in [-0.2, 0) is 29.8 Å². The van der Waals surface area contributed by atoms with Gasteiger partial charge in [-0.25, -0.2) is 8.42 Å². The van der Waals surface area contributed by atoms with E-state index in [2.05, 4.69) is 5.32 Å². The van der Waals surface area contributed by atoms with Crippen molar-refractivity contribution in [3.63, 3.8) is 0 Å². The van der Waals surface area contributed by atoms with Crippen molar-refractivity contribution in [1.29, 1.82) is 0 Å². The number of morpholine rings is 1. The molecule has 1 fully saturated rings. The number of anilines is 2. The molecule has 180 valence electrons. The number of hydrogen-bond donors (Lipinski definition) is 1. The van der Waals surface area contributed by atoms with Gasteiger partial charge in [0, 0.05) is 30.5 Å². The second-order valence-corrected chi connectivity index (χ2v) is 10.8. The maximum absolute atomic E-state index is 13.2. The van der Waals surface area contributed by atoms with E-state index in [1.807, 2.05) is 0 Å². The summed E-state index contributed by atoms with van der Waals surface area (Å²) < 4.78 is 43.5. The average Bonchev–Trinajstić information content (AvgIpc) is 3.36. The quantitative estimate of drug-likeness (QED) is 0.683. The van der Waals surface area contributed by atoms with Crippen LogP contribution in [0.3, 0.4) is 0 Å². The Kier molecular flexibility index (Phi) is 5.50. The summed E-state index contributed by atoms with van der Waals surface area (Å²) in [6, 6.07) is 9.69. The van der Waals surface area contributed by atoms with Crippen molar-refractivity contribution in [1.82, 2.24) is 4.31 Å². The molecule has 2 aromatic rings. The summed E-state index contributed by atoms with van der Waals surface area (Å²) in [6.45, 7) is 4.65. The number of nitrogens with zero attached hydrogens (tertiary/aromatic N) is 2.